The van der Waals surface area contributed by atoms with Crippen LogP contribution >= 0.6 is 0 Å². The Bertz CT molecular complexity index is 767. The lowest BCUT2D eigenvalue weighted by Gasteiger charge is -2.25. The molecule has 0 aromatic heterocycles. The SMILES string of the molecule is CC1=CCN(S(=O)(=O)c2cccc(C(=O)NC[C@H]3CCCO3)c2)CC1. The van der Waals surface area contributed by atoms with E-state index in [-0.39, 0.29) is 16.9 Å². The summed E-state index contributed by atoms with van der Waals surface area (Å²) < 4.78 is 32.5. The van der Waals surface area contributed by atoms with Crippen molar-refractivity contribution in [1.82, 2.24) is 9.62 Å². The molecule has 2 heterocycles. The minimum atomic E-state index is -3.59. The van der Waals surface area contributed by atoms with Gasteiger partial charge in [0.05, 0.1) is 11.0 Å². The number of benzene rings is 1. The van der Waals surface area contributed by atoms with E-state index in [0.717, 1.165) is 25.9 Å². The van der Waals surface area contributed by atoms with Gasteiger partial charge >= 0.3 is 0 Å². The third-order valence-electron chi connectivity index (χ3n) is 4.65. The van der Waals surface area contributed by atoms with E-state index in [1.807, 2.05) is 13.0 Å². The second-order valence-electron chi connectivity index (χ2n) is 6.54. The zero-order chi connectivity index (χ0) is 17.9. The van der Waals surface area contributed by atoms with Gasteiger partial charge in [-0.05, 0) is 44.4 Å². The molecule has 0 radical (unpaired) electrons. The summed E-state index contributed by atoms with van der Waals surface area (Å²) in [5, 5.41) is 2.82. The molecule has 0 saturated carbocycles. The van der Waals surface area contributed by atoms with Gasteiger partial charge in [-0.1, -0.05) is 17.7 Å². The summed E-state index contributed by atoms with van der Waals surface area (Å²) >= 11 is 0. The summed E-state index contributed by atoms with van der Waals surface area (Å²) in [6.45, 7) is 4.04. The van der Waals surface area contributed by atoms with Crippen molar-refractivity contribution in [3.05, 3.63) is 41.5 Å². The van der Waals surface area contributed by atoms with Crippen molar-refractivity contribution >= 4 is 15.9 Å². The minimum absolute atomic E-state index is 0.0549. The zero-order valence-electron chi connectivity index (χ0n) is 14.4. The molecular weight excluding hydrogens is 340 g/mol. The lowest BCUT2D eigenvalue weighted by Crippen LogP contribution is -2.35. The third kappa shape index (κ3) is 4.29. The summed E-state index contributed by atoms with van der Waals surface area (Å²) in [6.07, 6.45) is 4.67. The van der Waals surface area contributed by atoms with Crippen LogP contribution in [0.3, 0.4) is 0 Å². The normalized spacial score (nSPS) is 21.8. The van der Waals surface area contributed by atoms with Crippen LogP contribution in [0, 0.1) is 0 Å². The van der Waals surface area contributed by atoms with Gasteiger partial charge in [0, 0.05) is 31.8 Å². The molecule has 0 unspecified atom stereocenters. The lowest BCUT2D eigenvalue weighted by atomic mass is 10.1. The number of nitrogens with one attached hydrogen (secondary N) is 1. The van der Waals surface area contributed by atoms with Gasteiger partial charge in [-0.3, -0.25) is 4.79 Å². The standard InChI is InChI=1S/C18H24N2O4S/c1-14-7-9-20(10-8-14)25(22,23)17-6-2-4-15(12-17)18(21)19-13-16-5-3-11-24-16/h2,4,6-7,12,16H,3,5,8-11,13H2,1H3,(H,19,21)/t16-/m1/s1. The molecule has 0 spiro atoms. The van der Waals surface area contributed by atoms with Gasteiger partial charge in [-0.25, -0.2) is 8.42 Å². The Morgan fingerprint density at radius 1 is 1.40 bits per heavy atom. The number of carbonyl (C=O) groups excluding carboxylic acids is 1. The molecule has 1 aromatic carbocycles. The highest BCUT2D eigenvalue weighted by Crippen LogP contribution is 2.21. The van der Waals surface area contributed by atoms with Gasteiger partial charge in [0.2, 0.25) is 10.0 Å². The monoisotopic (exact) mass is 364 g/mol. The van der Waals surface area contributed by atoms with E-state index in [9.17, 15) is 13.2 Å². The fraction of sp³-hybridized carbons (Fsp3) is 0.500. The number of rotatable bonds is 5. The van der Waals surface area contributed by atoms with Crippen molar-refractivity contribution in [1.29, 1.82) is 0 Å². The van der Waals surface area contributed by atoms with Crippen molar-refractivity contribution in [3.8, 4) is 0 Å². The van der Waals surface area contributed by atoms with Crippen molar-refractivity contribution in [2.24, 2.45) is 0 Å². The second-order valence-corrected chi connectivity index (χ2v) is 8.47. The summed E-state index contributed by atoms with van der Waals surface area (Å²) in [5.74, 6) is -0.276. The Morgan fingerprint density at radius 2 is 2.24 bits per heavy atom. The molecule has 0 bridgehead atoms. The van der Waals surface area contributed by atoms with Crippen LogP contribution in [-0.4, -0.2) is 51.0 Å². The van der Waals surface area contributed by atoms with Gasteiger partial charge in [-0.15, -0.1) is 0 Å². The largest absolute Gasteiger partial charge is 0.376 e. The first-order valence-electron chi connectivity index (χ1n) is 8.62. The molecule has 3 rings (SSSR count). The average molecular weight is 364 g/mol. The number of hydrogen-bond donors (Lipinski definition) is 1. The molecule has 1 amide bonds. The van der Waals surface area contributed by atoms with Crippen molar-refractivity contribution in [2.45, 2.75) is 37.2 Å². The quantitative estimate of drug-likeness (QED) is 0.810. The molecule has 2 aliphatic heterocycles. The number of amides is 1. The van der Waals surface area contributed by atoms with Crippen LogP contribution in [-0.2, 0) is 14.8 Å². The molecule has 1 aromatic rings. The molecule has 136 valence electrons. The Morgan fingerprint density at radius 3 is 2.92 bits per heavy atom. The molecule has 1 fully saturated rings. The molecule has 0 aliphatic carbocycles. The summed E-state index contributed by atoms with van der Waals surface area (Å²) in [4.78, 5) is 12.5. The highest BCUT2D eigenvalue weighted by atomic mass is 32.2. The molecule has 1 atom stereocenters. The third-order valence-corrected chi connectivity index (χ3v) is 6.51. The number of carbonyl (C=O) groups is 1. The van der Waals surface area contributed by atoms with Crippen LogP contribution < -0.4 is 5.32 Å². The molecule has 7 heteroatoms. The van der Waals surface area contributed by atoms with Crippen LogP contribution in [0.15, 0.2) is 40.8 Å². The Labute approximate surface area is 148 Å². The number of ether oxygens (including phenoxy) is 1. The Hall–Kier alpha value is -1.70. The molecule has 6 nitrogen and oxygen atoms in total. The maximum Gasteiger partial charge on any atom is 0.251 e. The number of nitrogens with zero attached hydrogens (tertiary/aromatic N) is 1. The van der Waals surface area contributed by atoms with Crippen LogP contribution in [0.1, 0.15) is 36.5 Å². The Kier molecular flexibility index (Phi) is 5.56. The highest BCUT2D eigenvalue weighted by molar-refractivity contribution is 7.89. The number of hydrogen-bond acceptors (Lipinski definition) is 4. The Balaban J connectivity index is 1.70. The van der Waals surface area contributed by atoms with E-state index in [0.29, 0.717) is 25.2 Å². The predicted octanol–water partition coefficient (Wildman–Crippen LogP) is 1.94. The molecule has 1 N–H and O–H groups in total. The topological polar surface area (TPSA) is 75.7 Å². The van der Waals surface area contributed by atoms with Crippen LogP contribution in [0.5, 0.6) is 0 Å². The molecule has 1 saturated heterocycles. The van der Waals surface area contributed by atoms with Crippen molar-refractivity contribution in [3.63, 3.8) is 0 Å². The average Bonchev–Trinajstić information content (AvgIpc) is 3.14. The van der Waals surface area contributed by atoms with E-state index in [4.69, 9.17) is 4.74 Å². The smallest absolute Gasteiger partial charge is 0.251 e. The van der Waals surface area contributed by atoms with E-state index in [1.165, 1.54) is 22.0 Å². The van der Waals surface area contributed by atoms with Crippen LogP contribution in [0.2, 0.25) is 0 Å². The highest BCUT2D eigenvalue weighted by Gasteiger charge is 2.26. The minimum Gasteiger partial charge on any atom is -0.376 e. The van der Waals surface area contributed by atoms with E-state index in [1.54, 1.807) is 12.1 Å². The summed E-state index contributed by atoms with van der Waals surface area (Å²) in [6, 6.07) is 6.23. The van der Waals surface area contributed by atoms with E-state index in [2.05, 4.69) is 5.32 Å². The lowest BCUT2D eigenvalue weighted by molar-refractivity contribution is 0.0857. The summed E-state index contributed by atoms with van der Waals surface area (Å²) in [7, 11) is -3.59. The fourth-order valence-electron chi connectivity index (χ4n) is 3.03. The van der Waals surface area contributed by atoms with E-state index >= 15 is 0 Å². The maximum absolute atomic E-state index is 12.8. The van der Waals surface area contributed by atoms with Gasteiger partial charge in [0.15, 0.2) is 0 Å². The van der Waals surface area contributed by atoms with Gasteiger partial charge in [0.1, 0.15) is 0 Å². The first-order valence-corrected chi connectivity index (χ1v) is 10.1. The fourth-order valence-corrected chi connectivity index (χ4v) is 4.46. The first-order chi connectivity index (χ1) is 12.0. The first kappa shape index (κ1) is 18.1. The van der Waals surface area contributed by atoms with E-state index < -0.39 is 10.0 Å². The molecule has 2 aliphatic rings. The van der Waals surface area contributed by atoms with Crippen LogP contribution in [0.25, 0.3) is 0 Å². The maximum atomic E-state index is 12.8. The second kappa shape index (κ2) is 7.68. The van der Waals surface area contributed by atoms with Crippen LogP contribution in [0.4, 0.5) is 0 Å². The predicted molar refractivity (Wildman–Crippen MR) is 94.9 cm³/mol. The number of sulfonamides is 1. The van der Waals surface area contributed by atoms with Crippen molar-refractivity contribution < 1.29 is 17.9 Å². The van der Waals surface area contributed by atoms with Gasteiger partial charge in [0.25, 0.3) is 5.91 Å². The van der Waals surface area contributed by atoms with Gasteiger partial charge < -0.3 is 10.1 Å². The molecular formula is C18H24N2O4S. The summed E-state index contributed by atoms with van der Waals surface area (Å²) in [5.41, 5.74) is 1.55. The van der Waals surface area contributed by atoms with Crippen molar-refractivity contribution in [2.75, 3.05) is 26.2 Å². The zero-order valence-corrected chi connectivity index (χ0v) is 15.2. The van der Waals surface area contributed by atoms with Gasteiger partial charge in [-0.2, -0.15) is 4.31 Å². The molecule has 25 heavy (non-hydrogen) atoms.